The number of carboxylic acids is 1. The monoisotopic (exact) mass is 431 g/mol. The number of aromatic nitrogens is 1. The van der Waals surface area contributed by atoms with Gasteiger partial charge in [-0.2, -0.15) is 4.31 Å². The van der Waals surface area contributed by atoms with Crippen molar-refractivity contribution in [2.24, 2.45) is 0 Å². The number of rotatable bonds is 5. The molecule has 30 heavy (non-hydrogen) atoms. The van der Waals surface area contributed by atoms with Crippen LogP contribution in [0.2, 0.25) is 0 Å². The summed E-state index contributed by atoms with van der Waals surface area (Å²) < 4.78 is 34.2. The topological polar surface area (TPSA) is 100 Å². The predicted molar refractivity (Wildman–Crippen MR) is 111 cm³/mol. The van der Waals surface area contributed by atoms with Crippen molar-refractivity contribution in [1.29, 1.82) is 0 Å². The van der Waals surface area contributed by atoms with Crippen molar-refractivity contribution < 1.29 is 23.1 Å². The van der Waals surface area contributed by atoms with Gasteiger partial charge in [-0.3, -0.25) is 4.79 Å². The van der Waals surface area contributed by atoms with Crippen LogP contribution >= 0.6 is 0 Å². The van der Waals surface area contributed by atoms with Gasteiger partial charge in [0.25, 0.3) is 0 Å². The number of nitrogens with zero attached hydrogens (tertiary/aromatic N) is 3. The van der Waals surface area contributed by atoms with Crippen LogP contribution in [0.4, 0.5) is 5.82 Å². The summed E-state index contributed by atoms with van der Waals surface area (Å²) in [5.74, 6) is -0.367. The third-order valence-corrected chi connectivity index (χ3v) is 7.50. The molecule has 4 rings (SSSR count). The molecule has 1 aromatic heterocycles. The summed E-state index contributed by atoms with van der Waals surface area (Å²) >= 11 is 0. The Kier molecular flexibility index (Phi) is 5.77. The first-order valence-electron chi connectivity index (χ1n) is 9.96. The molecule has 1 saturated heterocycles. The maximum Gasteiger partial charge on any atom is 0.303 e. The van der Waals surface area contributed by atoms with Gasteiger partial charge in [0.2, 0.25) is 10.0 Å². The fourth-order valence-corrected chi connectivity index (χ4v) is 5.60. The van der Waals surface area contributed by atoms with Crippen LogP contribution < -0.4 is 4.90 Å². The van der Waals surface area contributed by atoms with Crippen LogP contribution in [0.15, 0.2) is 41.4 Å². The van der Waals surface area contributed by atoms with Crippen molar-refractivity contribution in [1.82, 2.24) is 9.29 Å². The number of morpholine rings is 1. The lowest BCUT2D eigenvalue weighted by Crippen LogP contribution is -2.50. The van der Waals surface area contributed by atoms with Crippen LogP contribution in [0.3, 0.4) is 0 Å². The molecule has 0 unspecified atom stereocenters. The molecule has 0 aliphatic carbocycles. The Hall–Kier alpha value is -2.49. The largest absolute Gasteiger partial charge is 0.481 e. The highest BCUT2D eigenvalue weighted by atomic mass is 32.2. The molecule has 2 aromatic rings. The molecule has 8 nitrogen and oxygen atoms in total. The zero-order valence-corrected chi connectivity index (χ0v) is 17.6. The lowest BCUT2D eigenvalue weighted by molar-refractivity contribution is -0.136. The average molecular weight is 432 g/mol. The van der Waals surface area contributed by atoms with Gasteiger partial charge in [0.1, 0.15) is 10.7 Å². The van der Waals surface area contributed by atoms with Crippen molar-refractivity contribution in [3.63, 3.8) is 0 Å². The van der Waals surface area contributed by atoms with Gasteiger partial charge in [-0.1, -0.05) is 18.2 Å². The van der Waals surface area contributed by atoms with E-state index in [4.69, 9.17) is 9.84 Å². The average Bonchev–Trinajstić information content (AvgIpc) is 2.82. The van der Waals surface area contributed by atoms with Gasteiger partial charge in [0, 0.05) is 32.3 Å². The molecule has 1 N–H and O–H groups in total. The van der Waals surface area contributed by atoms with E-state index in [2.05, 4.69) is 4.98 Å². The first kappa shape index (κ1) is 20.8. The molecular weight excluding hydrogens is 406 g/mol. The Morgan fingerprint density at radius 2 is 2.17 bits per heavy atom. The zero-order valence-electron chi connectivity index (χ0n) is 16.8. The molecule has 2 aliphatic heterocycles. The highest BCUT2D eigenvalue weighted by Gasteiger charge is 2.39. The van der Waals surface area contributed by atoms with E-state index >= 15 is 0 Å². The van der Waals surface area contributed by atoms with E-state index in [-0.39, 0.29) is 23.9 Å². The van der Waals surface area contributed by atoms with E-state index in [1.807, 2.05) is 30.0 Å². The number of aryl methyl sites for hydroxylation is 2. The molecular formula is C21H25N3O5S. The van der Waals surface area contributed by atoms with Crippen molar-refractivity contribution >= 4 is 21.8 Å². The summed E-state index contributed by atoms with van der Waals surface area (Å²) in [6.45, 7) is 4.04. The molecule has 1 atom stereocenters. The van der Waals surface area contributed by atoms with Crippen LogP contribution in [0.25, 0.3) is 0 Å². The van der Waals surface area contributed by atoms with Gasteiger partial charge in [-0.05, 0) is 42.2 Å². The molecule has 0 bridgehead atoms. The van der Waals surface area contributed by atoms with Crippen molar-refractivity contribution in [2.75, 3.05) is 31.2 Å². The highest BCUT2D eigenvalue weighted by Crippen LogP contribution is 2.33. The van der Waals surface area contributed by atoms with Crippen molar-refractivity contribution in [3.8, 4) is 0 Å². The van der Waals surface area contributed by atoms with E-state index in [0.717, 1.165) is 16.7 Å². The molecule has 1 fully saturated rings. The summed E-state index contributed by atoms with van der Waals surface area (Å²) in [6, 6.07) is 8.88. The van der Waals surface area contributed by atoms with Crippen molar-refractivity contribution in [3.05, 3.63) is 53.2 Å². The number of benzene rings is 1. The lowest BCUT2D eigenvalue weighted by atomic mass is 10.0. The Bertz CT molecular complexity index is 1060. The summed E-state index contributed by atoms with van der Waals surface area (Å²) in [6.07, 6.45) is 2.07. The Labute approximate surface area is 176 Å². The number of fused-ring (bicyclic) bond motifs is 3. The maximum absolute atomic E-state index is 13.5. The maximum atomic E-state index is 13.5. The van der Waals surface area contributed by atoms with E-state index in [9.17, 15) is 13.2 Å². The molecule has 0 saturated carbocycles. The number of sulfonamides is 1. The minimum absolute atomic E-state index is 0.0396. The Morgan fingerprint density at radius 1 is 1.33 bits per heavy atom. The first-order chi connectivity index (χ1) is 14.4. The molecule has 9 heteroatoms. The second kappa shape index (κ2) is 8.33. The lowest BCUT2D eigenvalue weighted by Gasteiger charge is -2.36. The second-order valence-corrected chi connectivity index (χ2v) is 9.61. The predicted octanol–water partition coefficient (Wildman–Crippen LogP) is 1.82. The molecule has 0 amide bonds. The quantitative estimate of drug-likeness (QED) is 0.771. The van der Waals surface area contributed by atoms with E-state index in [1.165, 1.54) is 4.31 Å². The molecule has 0 radical (unpaired) electrons. The second-order valence-electron chi connectivity index (χ2n) is 7.70. The fourth-order valence-electron chi connectivity index (χ4n) is 4.00. The summed E-state index contributed by atoms with van der Waals surface area (Å²) in [7, 11) is -3.75. The summed E-state index contributed by atoms with van der Waals surface area (Å²) in [5, 5.41) is 8.95. The third kappa shape index (κ3) is 4.05. The van der Waals surface area contributed by atoms with Crippen LogP contribution in [-0.2, 0) is 32.5 Å². The highest BCUT2D eigenvalue weighted by molar-refractivity contribution is 7.89. The van der Waals surface area contributed by atoms with E-state index in [1.54, 1.807) is 18.3 Å². The number of hydrogen-bond donors (Lipinski definition) is 1. The fraction of sp³-hybridized carbons (Fsp3) is 0.429. The molecule has 0 spiro atoms. The number of hydrogen-bond acceptors (Lipinski definition) is 6. The number of carboxylic acid groups (broad SMARTS) is 1. The normalized spacial score (nSPS) is 20.8. The number of ether oxygens (including phenoxy) is 1. The summed E-state index contributed by atoms with van der Waals surface area (Å²) in [5.41, 5.74) is 2.73. The number of pyridine rings is 1. The molecule has 3 heterocycles. The van der Waals surface area contributed by atoms with Crippen molar-refractivity contribution in [2.45, 2.75) is 37.2 Å². The van der Waals surface area contributed by atoms with Gasteiger partial charge in [0.05, 0.1) is 19.3 Å². The number of aliphatic carboxylic acids is 1. The van der Waals surface area contributed by atoms with E-state index in [0.29, 0.717) is 38.5 Å². The van der Waals surface area contributed by atoms with Crippen LogP contribution in [0.5, 0.6) is 0 Å². The minimum Gasteiger partial charge on any atom is -0.481 e. The molecule has 160 valence electrons. The minimum atomic E-state index is -3.75. The zero-order chi connectivity index (χ0) is 21.3. The van der Waals surface area contributed by atoms with Crippen LogP contribution in [0.1, 0.15) is 23.1 Å². The first-order valence-corrected chi connectivity index (χ1v) is 11.4. The Balaban J connectivity index is 1.69. The Morgan fingerprint density at radius 3 is 2.97 bits per heavy atom. The van der Waals surface area contributed by atoms with Crippen LogP contribution in [0, 0.1) is 6.92 Å². The smallest absolute Gasteiger partial charge is 0.303 e. The van der Waals surface area contributed by atoms with E-state index < -0.39 is 16.0 Å². The van der Waals surface area contributed by atoms with Gasteiger partial charge in [-0.25, -0.2) is 13.4 Å². The van der Waals surface area contributed by atoms with Crippen LogP contribution in [-0.4, -0.2) is 61.1 Å². The van der Waals surface area contributed by atoms with Gasteiger partial charge < -0.3 is 14.7 Å². The van der Waals surface area contributed by atoms with Gasteiger partial charge >= 0.3 is 5.97 Å². The molecule has 1 aromatic carbocycles. The standard InChI is InChI=1S/C21H25N3O5S/c1-15-4-5-16(6-7-20(25)26)11-17(15)12-23-13-18-14-29-10-9-24(18)21-19(30(23,27)28)3-2-8-22-21/h2-5,8,11,18H,6-7,9-10,12-14H2,1H3,(H,25,26)/t18-/m1/s1. The van der Waals surface area contributed by atoms with Gasteiger partial charge in [0.15, 0.2) is 0 Å². The molecule has 2 aliphatic rings. The number of anilines is 1. The third-order valence-electron chi connectivity index (χ3n) is 5.67. The number of carbonyl (C=O) groups is 1. The SMILES string of the molecule is Cc1ccc(CCC(=O)O)cc1CN1C[C@@H]2COCCN2c2ncccc2S1(=O)=O. The summed E-state index contributed by atoms with van der Waals surface area (Å²) in [4.78, 5) is 17.5. The van der Waals surface area contributed by atoms with Gasteiger partial charge in [-0.15, -0.1) is 0 Å².